The molecule has 2 heterocycles. The predicted molar refractivity (Wildman–Crippen MR) is 104 cm³/mol. The molecule has 6 heteroatoms. The molecule has 0 atom stereocenters. The number of Topliss-reactive ketones (excluding diaryl/α,β-unsaturated/α-hetero) is 1. The molecule has 1 amide bonds. The van der Waals surface area contributed by atoms with Crippen molar-refractivity contribution in [2.75, 3.05) is 5.32 Å². The van der Waals surface area contributed by atoms with Gasteiger partial charge in [0.25, 0.3) is 0 Å². The van der Waals surface area contributed by atoms with Gasteiger partial charge in [0.2, 0.25) is 5.91 Å². The Balaban J connectivity index is 1.38. The van der Waals surface area contributed by atoms with E-state index in [4.69, 9.17) is 0 Å². The van der Waals surface area contributed by atoms with Crippen molar-refractivity contribution in [3.8, 4) is 0 Å². The number of hydrogen-bond acceptors (Lipinski definition) is 4. The lowest BCUT2D eigenvalue weighted by Gasteiger charge is -2.06. The highest BCUT2D eigenvalue weighted by Crippen LogP contribution is 2.24. The standard InChI is InChI=1S/C21H22N4O2/c1-13-18-11-17(12-22-21(18)25(2)24-13)23-20(27)9-8-19(26)16-7-6-14-4-3-5-15(14)10-16/h6-7,10-12H,3-5,8-9H2,1-2H3,(H,23,27). The number of nitrogens with zero attached hydrogens (tertiary/aromatic N) is 3. The summed E-state index contributed by atoms with van der Waals surface area (Å²) >= 11 is 0. The summed E-state index contributed by atoms with van der Waals surface area (Å²) in [4.78, 5) is 29.0. The third-order valence-electron chi connectivity index (χ3n) is 5.15. The van der Waals surface area contributed by atoms with E-state index in [0.29, 0.717) is 11.3 Å². The zero-order valence-electron chi connectivity index (χ0n) is 15.6. The van der Waals surface area contributed by atoms with E-state index in [-0.39, 0.29) is 24.5 Å². The maximum Gasteiger partial charge on any atom is 0.224 e. The number of carbonyl (C=O) groups excluding carboxylic acids is 2. The van der Waals surface area contributed by atoms with Crippen LogP contribution in [-0.4, -0.2) is 26.5 Å². The van der Waals surface area contributed by atoms with Crippen molar-refractivity contribution in [3.63, 3.8) is 0 Å². The number of aryl methyl sites for hydroxylation is 4. The van der Waals surface area contributed by atoms with Gasteiger partial charge in [-0.15, -0.1) is 0 Å². The summed E-state index contributed by atoms with van der Waals surface area (Å²) in [5.74, 6) is -0.177. The monoisotopic (exact) mass is 362 g/mol. The highest BCUT2D eigenvalue weighted by molar-refractivity contribution is 6.00. The summed E-state index contributed by atoms with van der Waals surface area (Å²) in [6.07, 6.45) is 5.27. The van der Waals surface area contributed by atoms with E-state index in [1.165, 1.54) is 11.1 Å². The molecule has 0 aliphatic heterocycles. The average molecular weight is 362 g/mol. The summed E-state index contributed by atoms with van der Waals surface area (Å²) in [6.45, 7) is 1.91. The fraction of sp³-hybridized carbons (Fsp3) is 0.333. The van der Waals surface area contributed by atoms with Gasteiger partial charge >= 0.3 is 0 Å². The SMILES string of the molecule is Cc1nn(C)c2ncc(NC(=O)CCC(=O)c3ccc4c(c3)CCC4)cc12. The van der Waals surface area contributed by atoms with Crippen molar-refractivity contribution in [3.05, 3.63) is 52.8 Å². The third-order valence-corrected chi connectivity index (χ3v) is 5.15. The molecule has 6 nitrogen and oxygen atoms in total. The van der Waals surface area contributed by atoms with E-state index < -0.39 is 0 Å². The molecule has 1 N–H and O–H groups in total. The fourth-order valence-electron chi connectivity index (χ4n) is 3.72. The minimum atomic E-state index is -0.188. The van der Waals surface area contributed by atoms with Gasteiger partial charge in [-0.05, 0) is 49.4 Å². The molecule has 1 aromatic carbocycles. The van der Waals surface area contributed by atoms with Gasteiger partial charge in [0.15, 0.2) is 11.4 Å². The number of anilines is 1. The first-order valence-corrected chi connectivity index (χ1v) is 9.25. The lowest BCUT2D eigenvalue weighted by Crippen LogP contribution is -2.13. The molecule has 27 heavy (non-hydrogen) atoms. The molecular formula is C21H22N4O2. The van der Waals surface area contributed by atoms with Crippen LogP contribution in [0.1, 0.15) is 46.4 Å². The molecule has 0 saturated carbocycles. The van der Waals surface area contributed by atoms with Gasteiger partial charge in [-0.1, -0.05) is 12.1 Å². The minimum absolute atomic E-state index is 0.0107. The van der Waals surface area contributed by atoms with Crippen LogP contribution in [0.2, 0.25) is 0 Å². The number of ketones is 1. The van der Waals surface area contributed by atoms with Crippen LogP contribution in [0.5, 0.6) is 0 Å². The van der Waals surface area contributed by atoms with E-state index in [1.54, 1.807) is 10.9 Å². The molecule has 2 aromatic heterocycles. The first kappa shape index (κ1) is 17.4. The number of nitrogens with one attached hydrogen (secondary N) is 1. The molecule has 0 fully saturated rings. The number of aromatic nitrogens is 3. The lowest BCUT2D eigenvalue weighted by molar-refractivity contribution is -0.116. The van der Waals surface area contributed by atoms with Gasteiger partial charge in [-0.3, -0.25) is 14.3 Å². The van der Waals surface area contributed by atoms with Crippen LogP contribution in [0.4, 0.5) is 5.69 Å². The third kappa shape index (κ3) is 3.47. The van der Waals surface area contributed by atoms with Gasteiger partial charge < -0.3 is 5.32 Å². The normalized spacial score (nSPS) is 13.0. The maximum absolute atomic E-state index is 12.4. The fourth-order valence-corrected chi connectivity index (χ4v) is 3.72. The molecule has 0 bridgehead atoms. The summed E-state index contributed by atoms with van der Waals surface area (Å²) in [5, 5.41) is 8.06. The maximum atomic E-state index is 12.4. The molecule has 1 aliphatic carbocycles. The number of carbonyl (C=O) groups is 2. The minimum Gasteiger partial charge on any atom is -0.325 e. The average Bonchev–Trinajstić information content (AvgIpc) is 3.23. The van der Waals surface area contributed by atoms with E-state index in [0.717, 1.165) is 36.0 Å². The Labute approximate surface area is 157 Å². The summed E-state index contributed by atoms with van der Waals surface area (Å²) in [6, 6.07) is 7.79. The number of rotatable bonds is 5. The van der Waals surface area contributed by atoms with Crippen LogP contribution in [-0.2, 0) is 24.7 Å². The van der Waals surface area contributed by atoms with Gasteiger partial charge in [0, 0.05) is 30.8 Å². The van der Waals surface area contributed by atoms with E-state index in [2.05, 4.69) is 15.4 Å². The van der Waals surface area contributed by atoms with Crippen LogP contribution in [0.15, 0.2) is 30.5 Å². The summed E-state index contributed by atoms with van der Waals surface area (Å²) in [5.41, 5.74) is 5.58. The van der Waals surface area contributed by atoms with Crippen molar-refractivity contribution < 1.29 is 9.59 Å². The van der Waals surface area contributed by atoms with Crippen molar-refractivity contribution in [2.45, 2.75) is 39.0 Å². The quantitative estimate of drug-likeness (QED) is 0.706. The van der Waals surface area contributed by atoms with Crippen LogP contribution >= 0.6 is 0 Å². The molecule has 3 aromatic rings. The van der Waals surface area contributed by atoms with Crippen LogP contribution in [0.3, 0.4) is 0 Å². The Bertz CT molecular complexity index is 1050. The zero-order chi connectivity index (χ0) is 19.0. The van der Waals surface area contributed by atoms with Crippen LogP contribution in [0.25, 0.3) is 11.0 Å². The Morgan fingerprint density at radius 1 is 1.15 bits per heavy atom. The Morgan fingerprint density at radius 3 is 2.81 bits per heavy atom. The highest BCUT2D eigenvalue weighted by Gasteiger charge is 2.15. The molecule has 0 radical (unpaired) electrons. The van der Waals surface area contributed by atoms with Crippen molar-refractivity contribution >= 4 is 28.4 Å². The smallest absolute Gasteiger partial charge is 0.224 e. The lowest BCUT2D eigenvalue weighted by atomic mass is 10.0. The second-order valence-corrected chi connectivity index (χ2v) is 7.11. The Kier molecular flexibility index (Phi) is 4.48. The largest absolute Gasteiger partial charge is 0.325 e. The van der Waals surface area contributed by atoms with Gasteiger partial charge in [0.05, 0.1) is 17.6 Å². The molecule has 0 saturated heterocycles. The topological polar surface area (TPSA) is 76.9 Å². The second-order valence-electron chi connectivity index (χ2n) is 7.11. The molecular weight excluding hydrogens is 340 g/mol. The Hall–Kier alpha value is -3.02. The van der Waals surface area contributed by atoms with Gasteiger partial charge in [-0.25, -0.2) is 4.98 Å². The predicted octanol–water partition coefficient (Wildman–Crippen LogP) is 3.37. The van der Waals surface area contributed by atoms with Gasteiger partial charge in [0.1, 0.15) is 0 Å². The van der Waals surface area contributed by atoms with E-state index in [1.807, 2.05) is 38.2 Å². The second kappa shape index (κ2) is 6.95. The summed E-state index contributed by atoms with van der Waals surface area (Å²) < 4.78 is 1.71. The molecule has 1 aliphatic rings. The zero-order valence-corrected chi connectivity index (χ0v) is 15.6. The van der Waals surface area contributed by atoms with Crippen molar-refractivity contribution in [1.29, 1.82) is 0 Å². The van der Waals surface area contributed by atoms with E-state index >= 15 is 0 Å². The molecule has 0 spiro atoms. The van der Waals surface area contributed by atoms with Crippen molar-refractivity contribution in [2.24, 2.45) is 7.05 Å². The molecule has 4 rings (SSSR count). The molecule has 138 valence electrons. The Morgan fingerprint density at radius 2 is 1.96 bits per heavy atom. The number of fused-ring (bicyclic) bond motifs is 2. The first-order chi connectivity index (χ1) is 13.0. The number of pyridine rings is 1. The number of amides is 1. The molecule has 0 unspecified atom stereocenters. The number of benzene rings is 1. The highest BCUT2D eigenvalue weighted by atomic mass is 16.2. The van der Waals surface area contributed by atoms with Crippen LogP contribution in [0, 0.1) is 6.92 Å². The first-order valence-electron chi connectivity index (χ1n) is 9.25. The number of hydrogen-bond donors (Lipinski definition) is 1. The van der Waals surface area contributed by atoms with Crippen LogP contribution < -0.4 is 5.32 Å². The summed E-state index contributed by atoms with van der Waals surface area (Å²) in [7, 11) is 1.84. The van der Waals surface area contributed by atoms with E-state index in [9.17, 15) is 9.59 Å². The van der Waals surface area contributed by atoms with Crippen molar-refractivity contribution in [1.82, 2.24) is 14.8 Å². The van der Waals surface area contributed by atoms with Gasteiger partial charge in [-0.2, -0.15) is 5.10 Å².